The van der Waals surface area contributed by atoms with Gasteiger partial charge in [0.05, 0.1) is 6.61 Å². The number of H-pyrrole nitrogens is 1. The van der Waals surface area contributed by atoms with Crippen LogP contribution in [-0.4, -0.2) is 49.9 Å². The van der Waals surface area contributed by atoms with Crippen LogP contribution >= 0.6 is 23.5 Å². The number of nitrogens with one attached hydrogen (secondary N) is 1. The molecule has 3 heterocycles. The molecule has 0 radical (unpaired) electrons. The first-order chi connectivity index (χ1) is 12.8. The molecule has 158 valence electrons. The molecule has 17 heteroatoms. The molecule has 6 atom stereocenters. The Hall–Kier alpha value is -0.720. The van der Waals surface area contributed by atoms with Gasteiger partial charge in [-0.25, -0.2) is 13.7 Å². The van der Waals surface area contributed by atoms with E-state index in [2.05, 4.69) is 22.4 Å². The van der Waals surface area contributed by atoms with Gasteiger partial charge in [-0.3, -0.25) is 9.32 Å². The molecule has 3 rings (SSSR count). The van der Waals surface area contributed by atoms with E-state index in [4.69, 9.17) is 14.5 Å². The molecule has 0 amide bonds. The third kappa shape index (κ3) is 4.71. The Morgan fingerprint density at radius 3 is 2.29 bits per heavy atom. The van der Waals surface area contributed by atoms with Crippen molar-refractivity contribution in [3.63, 3.8) is 0 Å². The number of hydrogen-bond acceptors (Lipinski definition) is 11. The van der Waals surface area contributed by atoms with Crippen molar-refractivity contribution in [1.29, 1.82) is 0 Å². The smallest absolute Gasteiger partial charge is 0.387 e. The van der Waals surface area contributed by atoms with Gasteiger partial charge in [0.1, 0.15) is 24.4 Å². The summed E-state index contributed by atoms with van der Waals surface area (Å²) in [5.74, 6) is 0. The lowest BCUT2D eigenvalue weighted by Gasteiger charge is -2.27. The van der Waals surface area contributed by atoms with Crippen LogP contribution in [-0.2, 0) is 35.9 Å². The van der Waals surface area contributed by atoms with Crippen LogP contribution in [0.5, 0.6) is 0 Å². The molecule has 1 aromatic rings. The first kappa shape index (κ1) is 22.0. The van der Waals surface area contributed by atoms with E-state index in [1.165, 1.54) is 19.2 Å². The van der Waals surface area contributed by atoms with Crippen molar-refractivity contribution in [2.24, 2.45) is 0 Å². The second kappa shape index (κ2) is 7.51. The van der Waals surface area contributed by atoms with Crippen molar-refractivity contribution >= 4 is 23.5 Å². The molecule has 2 fully saturated rings. The number of aliphatic hydroxyl groups is 2. The summed E-state index contributed by atoms with van der Waals surface area (Å²) in [4.78, 5) is 32.2. The number of aromatic amines is 1. The third-order valence-corrected chi connectivity index (χ3v) is 9.18. The molecular formula is C11H16NO13P3. The number of rotatable bonds is 4. The quantitative estimate of drug-likeness (QED) is 0.379. The summed E-state index contributed by atoms with van der Waals surface area (Å²) in [6.45, 7) is 0.709. The molecule has 5 N–H and O–H groups in total. The first-order valence-corrected chi connectivity index (χ1v) is 12.0. The molecular weight excluding hydrogens is 447 g/mol. The minimum atomic E-state index is -5.20. The van der Waals surface area contributed by atoms with Crippen LogP contribution in [0.4, 0.5) is 0 Å². The van der Waals surface area contributed by atoms with Crippen molar-refractivity contribution in [2.75, 3.05) is 6.61 Å². The van der Waals surface area contributed by atoms with Crippen molar-refractivity contribution in [2.45, 2.75) is 31.3 Å². The molecule has 28 heavy (non-hydrogen) atoms. The minimum Gasteiger partial charge on any atom is -0.387 e. The van der Waals surface area contributed by atoms with Crippen LogP contribution in [0.15, 0.2) is 17.1 Å². The maximum Gasteiger partial charge on any atom is 0.492 e. The monoisotopic (exact) mass is 463 g/mol. The number of ether oxygens (including phenoxy) is 1. The zero-order valence-corrected chi connectivity index (χ0v) is 16.7. The Morgan fingerprint density at radius 1 is 1.11 bits per heavy atom. The largest absolute Gasteiger partial charge is 0.492 e. The molecule has 0 saturated carbocycles. The predicted molar refractivity (Wildman–Crippen MR) is 87.9 cm³/mol. The molecule has 0 aliphatic carbocycles. The van der Waals surface area contributed by atoms with Crippen LogP contribution in [0.25, 0.3) is 0 Å². The Bertz CT molecular complexity index is 933. The van der Waals surface area contributed by atoms with Crippen LogP contribution in [0.2, 0.25) is 0 Å². The van der Waals surface area contributed by atoms with E-state index in [1.54, 1.807) is 0 Å². The van der Waals surface area contributed by atoms with E-state index in [0.717, 1.165) is 0 Å². The van der Waals surface area contributed by atoms with E-state index in [-0.39, 0.29) is 5.56 Å². The molecule has 2 saturated heterocycles. The highest BCUT2D eigenvalue weighted by Crippen LogP contribution is 2.80. The third-order valence-electron chi connectivity index (χ3n) is 3.81. The lowest BCUT2D eigenvalue weighted by molar-refractivity contribution is -0.0231. The number of aromatic nitrogens is 1. The summed E-state index contributed by atoms with van der Waals surface area (Å²) in [6.07, 6.45) is -4.18. The highest BCUT2D eigenvalue weighted by atomic mass is 31.3. The highest BCUT2D eigenvalue weighted by molar-refractivity contribution is 7.74. The molecule has 3 unspecified atom stereocenters. The van der Waals surface area contributed by atoms with Crippen LogP contribution < -0.4 is 5.56 Å². The Balaban J connectivity index is 1.72. The predicted octanol–water partition coefficient (Wildman–Crippen LogP) is 0.234. The zero-order valence-electron chi connectivity index (χ0n) is 14.0. The molecule has 2 aliphatic heterocycles. The Labute approximate surface area is 156 Å². The van der Waals surface area contributed by atoms with Crippen LogP contribution in [0.3, 0.4) is 0 Å². The average Bonchev–Trinajstić information content (AvgIpc) is 2.80. The first-order valence-electron chi connectivity index (χ1n) is 7.56. The van der Waals surface area contributed by atoms with Gasteiger partial charge in [-0.2, -0.15) is 12.9 Å². The van der Waals surface area contributed by atoms with Crippen molar-refractivity contribution in [1.82, 2.24) is 4.98 Å². The van der Waals surface area contributed by atoms with E-state index >= 15 is 0 Å². The van der Waals surface area contributed by atoms with Crippen molar-refractivity contribution < 1.29 is 55.9 Å². The van der Waals surface area contributed by atoms with Crippen LogP contribution in [0, 0.1) is 6.92 Å². The lowest BCUT2D eigenvalue weighted by Crippen LogP contribution is -2.33. The van der Waals surface area contributed by atoms with Crippen molar-refractivity contribution in [3.8, 4) is 0 Å². The summed E-state index contributed by atoms with van der Waals surface area (Å²) < 4.78 is 57.0. The SMILES string of the molecule is Cc1cc([C@@H]2O[C@H](COP3(=O)OP(=O)(O)OP(=O)(O)O3)C(O)[C@@H]2O)c[nH]c1=O. The molecule has 0 aromatic carbocycles. The maximum absolute atomic E-state index is 12.2. The maximum atomic E-state index is 12.2. The van der Waals surface area contributed by atoms with E-state index in [0.29, 0.717) is 11.1 Å². The van der Waals surface area contributed by atoms with Gasteiger partial charge in [0.25, 0.3) is 5.56 Å². The van der Waals surface area contributed by atoms with Gasteiger partial charge in [-0.05, 0) is 13.0 Å². The molecule has 0 bridgehead atoms. The van der Waals surface area contributed by atoms with E-state index in [9.17, 15) is 28.7 Å². The second-order valence-corrected chi connectivity index (χ2v) is 10.9. The number of aliphatic hydroxyl groups excluding tert-OH is 2. The molecule has 0 spiro atoms. The minimum absolute atomic E-state index is 0.327. The van der Waals surface area contributed by atoms with E-state index in [1.807, 2.05) is 0 Å². The van der Waals surface area contributed by atoms with Gasteiger partial charge < -0.3 is 29.7 Å². The summed E-state index contributed by atoms with van der Waals surface area (Å²) in [5, 5.41) is 20.3. The molecule has 1 aromatic heterocycles. The fourth-order valence-electron chi connectivity index (χ4n) is 2.59. The zero-order chi connectivity index (χ0) is 20.9. The number of phosphoric acid groups is 3. The summed E-state index contributed by atoms with van der Waals surface area (Å²) in [6, 6.07) is 1.43. The standard InChI is InChI=1S/C11H16NO13P3/c1-5-2-6(3-12-11(5)15)10-9(14)8(13)7(22-10)4-21-28(20)24-26(16,17)23-27(18,19)25-28/h2-3,7-10,13-14H,4H2,1H3,(H,12,15)(H,16,17)(H,18,19)/t7-,8?,9+,10+/m1/s1. The molecule has 14 nitrogen and oxygen atoms in total. The fraction of sp³-hybridized carbons (Fsp3) is 0.545. The summed E-state index contributed by atoms with van der Waals surface area (Å²) >= 11 is 0. The summed E-state index contributed by atoms with van der Waals surface area (Å²) in [5.41, 5.74) is 0.301. The van der Waals surface area contributed by atoms with Gasteiger partial charge in [0.15, 0.2) is 0 Å². The number of aryl methyl sites for hydroxylation is 1. The van der Waals surface area contributed by atoms with Crippen molar-refractivity contribution in [3.05, 3.63) is 33.7 Å². The van der Waals surface area contributed by atoms with Gasteiger partial charge in [0.2, 0.25) is 0 Å². The normalized spacial score (nSPS) is 43.9. The van der Waals surface area contributed by atoms with Crippen LogP contribution in [0.1, 0.15) is 17.2 Å². The Kier molecular flexibility index (Phi) is 5.90. The van der Waals surface area contributed by atoms with Gasteiger partial charge in [-0.1, -0.05) is 0 Å². The van der Waals surface area contributed by atoms with Gasteiger partial charge in [-0.15, -0.1) is 0 Å². The average molecular weight is 463 g/mol. The second-order valence-electron chi connectivity index (χ2n) is 5.95. The fourth-order valence-corrected chi connectivity index (χ4v) is 7.52. The lowest BCUT2D eigenvalue weighted by atomic mass is 10.0. The highest BCUT2D eigenvalue weighted by Gasteiger charge is 2.55. The number of pyridine rings is 1. The Morgan fingerprint density at radius 2 is 1.71 bits per heavy atom. The van der Waals surface area contributed by atoms with Gasteiger partial charge in [0, 0.05) is 17.3 Å². The number of hydrogen-bond donors (Lipinski definition) is 5. The van der Waals surface area contributed by atoms with Gasteiger partial charge >= 0.3 is 23.5 Å². The summed E-state index contributed by atoms with van der Waals surface area (Å²) in [7, 11) is -15.4. The topological polar surface area (TPSA) is 211 Å². The molecule has 2 aliphatic rings. The van der Waals surface area contributed by atoms with E-state index < -0.39 is 54.5 Å².